The highest BCUT2D eigenvalue weighted by molar-refractivity contribution is 8.01. The van der Waals surface area contributed by atoms with E-state index in [0.29, 0.717) is 24.7 Å². The van der Waals surface area contributed by atoms with E-state index in [2.05, 4.69) is 38.2 Å². The van der Waals surface area contributed by atoms with E-state index in [0.717, 1.165) is 23.4 Å². The third-order valence-electron chi connectivity index (χ3n) is 3.70. The lowest BCUT2D eigenvalue weighted by atomic mass is 10.1. The molecular weight excluding hydrogens is 360 g/mol. The van der Waals surface area contributed by atoms with Crippen LogP contribution in [0.25, 0.3) is 0 Å². The number of carbonyl (C=O) groups excluding carboxylic acids is 2. The van der Waals surface area contributed by atoms with Crippen molar-refractivity contribution in [2.45, 2.75) is 70.8 Å². The summed E-state index contributed by atoms with van der Waals surface area (Å²) in [5, 5.41) is 4.69. The number of hydrazone groups is 1. The van der Waals surface area contributed by atoms with Gasteiger partial charge in [-0.2, -0.15) is 16.9 Å². The monoisotopic (exact) mass is 392 g/mol. The van der Waals surface area contributed by atoms with Crippen molar-refractivity contribution in [1.29, 1.82) is 0 Å². The van der Waals surface area contributed by atoms with Crippen LogP contribution in [0.5, 0.6) is 5.75 Å². The Hall–Kier alpha value is -1.82. The van der Waals surface area contributed by atoms with Crippen molar-refractivity contribution < 1.29 is 14.3 Å². The molecule has 1 rings (SSSR count). The third kappa shape index (κ3) is 10.2. The fourth-order valence-corrected chi connectivity index (χ4v) is 4.11. The molecule has 0 atom stereocenters. The molecule has 0 radical (unpaired) electrons. The zero-order chi connectivity index (χ0) is 20.4. The third-order valence-corrected chi connectivity index (χ3v) is 4.96. The number of ether oxygens (including phenoxy) is 1. The number of carbonyl (C=O) groups is 2. The van der Waals surface area contributed by atoms with Gasteiger partial charge in [0.1, 0.15) is 11.5 Å². The quantitative estimate of drug-likeness (QED) is 0.340. The molecular formula is C21H32N2O3S. The number of ketones is 1. The van der Waals surface area contributed by atoms with Crippen LogP contribution in [0.4, 0.5) is 0 Å². The highest BCUT2D eigenvalue weighted by Gasteiger charge is 2.23. The Kier molecular flexibility index (Phi) is 9.56. The predicted molar refractivity (Wildman–Crippen MR) is 114 cm³/mol. The van der Waals surface area contributed by atoms with Crippen molar-refractivity contribution in [3.63, 3.8) is 0 Å². The van der Waals surface area contributed by atoms with Gasteiger partial charge in [-0.05, 0) is 55.3 Å². The first kappa shape index (κ1) is 23.2. The molecule has 0 heterocycles. The predicted octanol–water partition coefficient (Wildman–Crippen LogP) is 4.59. The maximum atomic E-state index is 12.1. The summed E-state index contributed by atoms with van der Waals surface area (Å²) in [5.74, 6) is 0.846. The number of hydrogen-bond acceptors (Lipinski definition) is 5. The number of thioether (sulfide) groups is 1. The van der Waals surface area contributed by atoms with Crippen LogP contribution in [0.1, 0.15) is 66.4 Å². The molecule has 1 aromatic rings. The highest BCUT2D eigenvalue weighted by Crippen LogP contribution is 2.31. The van der Waals surface area contributed by atoms with Crippen LogP contribution < -0.4 is 10.2 Å². The smallest absolute Gasteiger partial charge is 0.241 e. The van der Waals surface area contributed by atoms with Gasteiger partial charge in [0.05, 0.1) is 12.3 Å². The fraction of sp³-hybridized carbons (Fsp3) is 0.571. The summed E-state index contributed by atoms with van der Waals surface area (Å²) in [5.41, 5.74) is 4.31. The highest BCUT2D eigenvalue weighted by atomic mass is 32.2. The number of rotatable bonds is 11. The van der Waals surface area contributed by atoms with E-state index in [-0.39, 0.29) is 16.4 Å². The molecule has 0 fully saturated rings. The molecule has 0 aliphatic rings. The zero-order valence-corrected chi connectivity index (χ0v) is 18.1. The Bertz CT molecular complexity index is 652. The minimum absolute atomic E-state index is 0.0853. The first-order valence-electron chi connectivity index (χ1n) is 9.32. The second kappa shape index (κ2) is 11.1. The molecule has 27 heavy (non-hydrogen) atoms. The van der Waals surface area contributed by atoms with Gasteiger partial charge >= 0.3 is 0 Å². The Morgan fingerprint density at radius 3 is 2.37 bits per heavy atom. The van der Waals surface area contributed by atoms with Gasteiger partial charge < -0.3 is 9.53 Å². The van der Waals surface area contributed by atoms with Crippen LogP contribution in [-0.2, 0) is 9.59 Å². The van der Waals surface area contributed by atoms with Crippen LogP contribution in [0, 0.1) is 0 Å². The first-order chi connectivity index (χ1) is 12.6. The van der Waals surface area contributed by atoms with E-state index >= 15 is 0 Å². The second-order valence-electron chi connectivity index (χ2n) is 7.51. The summed E-state index contributed by atoms with van der Waals surface area (Å²) < 4.78 is 5.49. The maximum Gasteiger partial charge on any atom is 0.241 e. The molecule has 1 aromatic carbocycles. The van der Waals surface area contributed by atoms with Gasteiger partial charge in [0.25, 0.3) is 0 Å². The van der Waals surface area contributed by atoms with Gasteiger partial charge in [-0.3, -0.25) is 4.79 Å². The largest absolute Gasteiger partial charge is 0.494 e. The Morgan fingerprint density at radius 1 is 1.19 bits per heavy atom. The van der Waals surface area contributed by atoms with Crippen LogP contribution in [-0.4, -0.2) is 34.0 Å². The number of benzene rings is 1. The summed E-state index contributed by atoms with van der Waals surface area (Å²) in [7, 11) is 0. The van der Waals surface area contributed by atoms with Gasteiger partial charge in [0.15, 0.2) is 0 Å². The maximum absolute atomic E-state index is 12.1. The zero-order valence-electron chi connectivity index (χ0n) is 17.3. The summed E-state index contributed by atoms with van der Waals surface area (Å²) in [4.78, 5) is 23.1. The minimum atomic E-state index is -0.122. The van der Waals surface area contributed by atoms with Crippen molar-refractivity contribution in [1.82, 2.24) is 5.43 Å². The molecule has 0 spiro atoms. The molecule has 5 nitrogen and oxygen atoms in total. The lowest BCUT2D eigenvalue weighted by Gasteiger charge is -2.25. The van der Waals surface area contributed by atoms with Crippen molar-refractivity contribution in [3.05, 3.63) is 29.8 Å². The molecule has 0 saturated heterocycles. The Morgan fingerprint density at radius 2 is 1.81 bits per heavy atom. The summed E-state index contributed by atoms with van der Waals surface area (Å²) in [6.07, 6.45) is 1.67. The Labute approximate surface area is 167 Å². The lowest BCUT2D eigenvalue weighted by Crippen LogP contribution is -2.29. The molecule has 1 amide bonds. The van der Waals surface area contributed by atoms with Crippen molar-refractivity contribution in [2.75, 3.05) is 6.61 Å². The molecule has 0 aliphatic carbocycles. The summed E-state index contributed by atoms with van der Waals surface area (Å²) in [6, 6.07) is 7.55. The number of amides is 1. The van der Waals surface area contributed by atoms with Gasteiger partial charge in [-0.25, -0.2) is 5.43 Å². The van der Waals surface area contributed by atoms with Crippen LogP contribution in [0.3, 0.4) is 0 Å². The van der Waals surface area contributed by atoms with E-state index in [9.17, 15) is 9.59 Å². The topological polar surface area (TPSA) is 67.8 Å². The Balaban J connectivity index is 2.52. The molecule has 0 aliphatic heterocycles. The van der Waals surface area contributed by atoms with E-state index in [1.54, 1.807) is 18.7 Å². The molecule has 0 aromatic heterocycles. The molecule has 6 heteroatoms. The molecule has 0 unspecified atom stereocenters. The number of nitrogens with one attached hydrogen (secondary N) is 1. The number of nitrogens with zero attached hydrogens (tertiary/aromatic N) is 1. The molecule has 150 valence electrons. The summed E-state index contributed by atoms with van der Waals surface area (Å²) in [6.45, 7) is 12.4. The average molecular weight is 393 g/mol. The average Bonchev–Trinajstić information content (AvgIpc) is 2.55. The van der Waals surface area contributed by atoms with Gasteiger partial charge in [0.2, 0.25) is 5.91 Å². The number of Topliss-reactive ketones (excluding diaryl/α,β-unsaturated/α-hetero) is 1. The van der Waals surface area contributed by atoms with Gasteiger partial charge in [-0.15, -0.1) is 0 Å². The standard InChI is InChI=1S/C21H32N2O3S/c1-15(2)27-21(5,6)14-20(25)23-22-17(4)18-9-11-19(12-10-18)26-13-7-8-16(3)24/h9-12,15H,7-8,13-14H2,1-6H3,(H,23,25)/b22-17-. The van der Waals surface area contributed by atoms with Crippen molar-refractivity contribution in [3.8, 4) is 5.75 Å². The molecule has 0 saturated carbocycles. The minimum Gasteiger partial charge on any atom is -0.494 e. The van der Waals surface area contributed by atoms with Crippen molar-refractivity contribution in [2.24, 2.45) is 5.10 Å². The first-order valence-corrected chi connectivity index (χ1v) is 10.2. The SMILES string of the molecule is CC(=O)CCCOc1ccc(/C(C)=N\NC(=O)CC(C)(C)SC(C)C)cc1. The number of hydrogen-bond donors (Lipinski definition) is 1. The van der Waals surface area contributed by atoms with Crippen LogP contribution in [0.15, 0.2) is 29.4 Å². The second-order valence-corrected chi connectivity index (χ2v) is 9.80. The summed E-state index contributed by atoms with van der Waals surface area (Å²) >= 11 is 1.78. The van der Waals surface area contributed by atoms with Gasteiger partial charge in [-0.1, -0.05) is 27.7 Å². The van der Waals surface area contributed by atoms with Crippen LogP contribution in [0.2, 0.25) is 0 Å². The molecule has 1 N–H and O–H groups in total. The van der Waals surface area contributed by atoms with E-state index < -0.39 is 0 Å². The molecule has 0 bridgehead atoms. The van der Waals surface area contributed by atoms with E-state index in [1.165, 1.54) is 0 Å². The van der Waals surface area contributed by atoms with Gasteiger partial charge in [0, 0.05) is 17.6 Å². The van der Waals surface area contributed by atoms with E-state index in [4.69, 9.17) is 4.74 Å². The normalized spacial score (nSPS) is 12.2. The van der Waals surface area contributed by atoms with E-state index in [1.807, 2.05) is 31.2 Å². The fourth-order valence-electron chi connectivity index (χ4n) is 2.62. The van der Waals surface area contributed by atoms with Crippen LogP contribution >= 0.6 is 11.8 Å². The lowest BCUT2D eigenvalue weighted by molar-refractivity contribution is -0.121. The van der Waals surface area contributed by atoms with Crippen molar-refractivity contribution >= 4 is 29.2 Å².